The molecule has 0 radical (unpaired) electrons. The summed E-state index contributed by atoms with van der Waals surface area (Å²) in [4.78, 5) is 23.8. The van der Waals surface area contributed by atoms with Crippen molar-refractivity contribution in [3.63, 3.8) is 0 Å². The molecule has 4 nitrogen and oxygen atoms in total. The van der Waals surface area contributed by atoms with Crippen LogP contribution >= 0.6 is 0 Å². The quantitative estimate of drug-likeness (QED) is 0.869. The Balaban J connectivity index is 2.59. The van der Waals surface area contributed by atoms with Crippen molar-refractivity contribution in [1.29, 1.82) is 0 Å². The number of hydrogen-bond acceptors (Lipinski definition) is 3. The van der Waals surface area contributed by atoms with Crippen LogP contribution in [0, 0.1) is 6.92 Å². The van der Waals surface area contributed by atoms with Crippen LogP contribution in [-0.4, -0.2) is 24.7 Å². The van der Waals surface area contributed by atoms with Crippen LogP contribution in [0.4, 0.5) is 13.2 Å². The molecule has 0 aromatic heterocycles. The Bertz CT molecular complexity index is 648. The van der Waals surface area contributed by atoms with Gasteiger partial charge in [-0.25, -0.2) is 4.79 Å². The molecule has 2 rings (SSSR count). The van der Waals surface area contributed by atoms with Gasteiger partial charge in [-0.05, 0) is 19.4 Å². The minimum absolute atomic E-state index is 0.0535. The lowest BCUT2D eigenvalue weighted by molar-refractivity contribution is -0.142. The van der Waals surface area contributed by atoms with Gasteiger partial charge in [0.25, 0.3) is 0 Å². The van der Waals surface area contributed by atoms with Gasteiger partial charge in [0.1, 0.15) is 5.70 Å². The highest BCUT2D eigenvalue weighted by Gasteiger charge is 2.45. The molecule has 1 amide bonds. The van der Waals surface area contributed by atoms with E-state index in [1.54, 1.807) is 29.6 Å². The fraction of sp³-hybridized carbons (Fsp3) is 0.375. The summed E-state index contributed by atoms with van der Waals surface area (Å²) >= 11 is 0. The van der Waals surface area contributed by atoms with Crippen LogP contribution in [0.5, 0.6) is 0 Å². The smallest absolute Gasteiger partial charge is 0.431 e. The maximum Gasteiger partial charge on any atom is 0.431 e. The van der Waals surface area contributed by atoms with Crippen LogP contribution in [0.1, 0.15) is 30.4 Å². The van der Waals surface area contributed by atoms with Gasteiger partial charge in [0.15, 0.2) is 0 Å². The Morgan fingerprint density at radius 1 is 1.30 bits per heavy atom. The molecule has 1 aliphatic rings. The monoisotopic (exact) mass is 327 g/mol. The molecule has 124 valence electrons. The van der Waals surface area contributed by atoms with Crippen molar-refractivity contribution in [1.82, 2.24) is 5.32 Å². The van der Waals surface area contributed by atoms with E-state index in [4.69, 9.17) is 4.74 Å². The molecule has 0 saturated carbocycles. The zero-order valence-corrected chi connectivity index (χ0v) is 12.7. The first-order chi connectivity index (χ1) is 10.7. The third-order valence-electron chi connectivity index (χ3n) is 3.53. The normalized spacial score (nSPS) is 18.7. The summed E-state index contributed by atoms with van der Waals surface area (Å²) in [5.74, 6) is -2.83. The standard InChI is InChI=1S/C16H16F3NO3/c1-3-23-15(22)13-11(10-6-4-9(2)5-7-10)8-12(21)20-14(13)16(17,18)19/h4-7,11H,3,8H2,1-2H3,(H,20,21). The molecule has 0 fully saturated rings. The first kappa shape index (κ1) is 17.1. The number of rotatable bonds is 3. The Hall–Kier alpha value is -2.31. The summed E-state index contributed by atoms with van der Waals surface area (Å²) in [5, 5.41) is 1.77. The number of hydrogen-bond donors (Lipinski definition) is 1. The van der Waals surface area contributed by atoms with Crippen molar-refractivity contribution in [2.24, 2.45) is 0 Å². The highest BCUT2D eigenvalue weighted by Crippen LogP contribution is 2.39. The van der Waals surface area contributed by atoms with Gasteiger partial charge in [-0.1, -0.05) is 29.8 Å². The van der Waals surface area contributed by atoms with Crippen LogP contribution in [0.2, 0.25) is 0 Å². The fourth-order valence-electron chi connectivity index (χ4n) is 2.48. The number of halogens is 3. The number of allylic oxidation sites excluding steroid dienone is 1. The average Bonchev–Trinajstić information content (AvgIpc) is 2.46. The van der Waals surface area contributed by atoms with Crippen LogP contribution in [0.15, 0.2) is 35.5 Å². The molecule has 0 aliphatic carbocycles. The summed E-state index contributed by atoms with van der Waals surface area (Å²) < 4.78 is 44.5. The minimum Gasteiger partial charge on any atom is -0.463 e. The lowest BCUT2D eigenvalue weighted by Crippen LogP contribution is -2.41. The van der Waals surface area contributed by atoms with Crippen molar-refractivity contribution >= 4 is 11.9 Å². The first-order valence-electron chi connectivity index (χ1n) is 7.09. The predicted octanol–water partition coefficient (Wildman–Crippen LogP) is 2.98. The predicted molar refractivity (Wildman–Crippen MR) is 76.4 cm³/mol. The molecular weight excluding hydrogens is 311 g/mol. The molecule has 0 saturated heterocycles. The lowest BCUT2D eigenvalue weighted by atomic mass is 9.84. The Morgan fingerprint density at radius 3 is 2.43 bits per heavy atom. The van der Waals surface area contributed by atoms with E-state index in [0.29, 0.717) is 5.56 Å². The third kappa shape index (κ3) is 3.72. The molecule has 7 heteroatoms. The first-order valence-corrected chi connectivity index (χ1v) is 7.09. The van der Waals surface area contributed by atoms with Gasteiger partial charge in [0, 0.05) is 12.3 Å². The number of carbonyl (C=O) groups is 2. The number of nitrogens with one attached hydrogen (secondary N) is 1. The molecule has 1 unspecified atom stereocenters. The third-order valence-corrected chi connectivity index (χ3v) is 3.53. The topological polar surface area (TPSA) is 55.4 Å². The Kier molecular flexibility index (Phi) is 4.77. The van der Waals surface area contributed by atoms with Crippen molar-refractivity contribution in [3.8, 4) is 0 Å². The molecule has 0 spiro atoms. The number of esters is 1. The van der Waals surface area contributed by atoms with E-state index in [9.17, 15) is 22.8 Å². The fourth-order valence-corrected chi connectivity index (χ4v) is 2.48. The second kappa shape index (κ2) is 6.44. The van der Waals surface area contributed by atoms with Gasteiger partial charge in [0.2, 0.25) is 5.91 Å². The van der Waals surface area contributed by atoms with Gasteiger partial charge in [-0.3, -0.25) is 4.79 Å². The van der Waals surface area contributed by atoms with E-state index >= 15 is 0 Å². The molecular formula is C16H16F3NO3. The molecule has 1 aromatic rings. The number of carbonyl (C=O) groups excluding carboxylic acids is 2. The maximum absolute atomic E-state index is 13.2. The van der Waals surface area contributed by atoms with E-state index in [2.05, 4.69) is 0 Å². The molecule has 1 aliphatic heterocycles. The highest BCUT2D eigenvalue weighted by atomic mass is 19.4. The van der Waals surface area contributed by atoms with Gasteiger partial charge < -0.3 is 10.1 Å². The summed E-state index contributed by atoms with van der Waals surface area (Å²) in [6.45, 7) is 3.29. The van der Waals surface area contributed by atoms with Crippen LogP contribution in [0.25, 0.3) is 0 Å². The van der Waals surface area contributed by atoms with E-state index < -0.39 is 35.2 Å². The second-order valence-corrected chi connectivity index (χ2v) is 5.22. The van der Waals surface area contributed by atoms with E-state index in [1.165, 1.54) is 6.92 Å². The van der Waals surface area contributed by atoms with Crippen LogP contribution < -0.4 is 5.32 Å². The van der Waals surface area contributed by atoms with Gasteiger partial charge in [-0.15, -0.1) is 0 Å². The average molecular weight is 327 g/mol. The Labute approximate surface area is 131 Å². The molecule has 1 N–H and O–H groups in total. The summed E-state index contributed by atoms with van der Waals surface area (Å²) in [6.07, 6.45) is -5.09. The molecule has 1 aromatic carbocycles. The van der Waals surface area contributed by atoms with Crippen LogP contribution in [-0.2, 0) is 14.3 Å². The Morgan fingerprint density at radius 2 is 1.91 bits per heavy atom. The van der Waals surface area contributed by atoms with Crippen molar-refractivity contribution < 1.29 is 27.5 Å². The van der Waals surface area contributed by atoms with Gasteiger partial charge in [0.05, 0.1) is 12.2 Å². The van der Waals surface area contributed by atoms with E-state index in [-0.39, 0.29) is 13.0 Å². The SMILES string of the molecule is CCOC(=O)C1=C(C(F)(F)F)NC(=O)CC1c1ccc(C)cc1. The number of benzene rings is 1. The largest absolute Gasteiger partial charge is 0.463 e. The number of amides is 1. The zero-order chi connectivity index (χ0) is 17.2. The van der Waals surface area contributed by atoms with Crippen molar-refractivity contribution in [2.45, 2.75) is 32.4 Å². The minimum atomic E-state index is -4.85. The second-order valence-electron chi connectivity index (χ2n) is 5.22. The molecule has 23 heavy (non-hydrogen) atoms. The van der Waals surface area contributed by atoms with Gasteiger partial charge in [-0.2, -0.15) is 13.2 Å². The van der Waals surface area contributed by atoms with Crippen molar-refractivity contribution in [2.75, 3.05) is 6.61 Å². The summed E-state index contributed by atoms with van der Waals surface area (Å²) in [6, 6.07) is 6.67. The zero-order valence-electron chi connectivity index (χ0n) is 12.7. The number of ether oxygens (including phenoxy) is 1. The van der Waals surface area contributed by atoms with Crippen molar-refractivity contribution in [3.05, 3.63) is 46.7 Å². The maximum atomic E-state index is 13.2. The lowest BCUT2D eigenvalue weighted by Gasteiger charge is -2.28. The van der Waals surface area contributed by atoms with Gasteiger partial charge >= 0.3 is 12.1 Å². The van der Waals surface area contributed by atoms with E-state index in [0.717, 1.165) is 5.56 Å². The van der Waals surface area contributed by atoms with E-state index in [1.807, 2.05) is 6.92 Å². The molecule has 0 bridgehead atoms. The summed E-state index contributed by atoms with van der Waals surface area (Å²) in [5.41, 5.74) is -0.498. The highest BCUT2D eigenvalue weighted by molar-refractivity contribution is 5.96. The summed E-state index contributed by atoms with van der Waals surface area (Å²) in [7, 11) is 0. The molecule has 1 heterocycles. The number of alkyl halides is 3. The number of aryl methyl sites for hydroxylation is 1. The molecule has 1 atom stereocenters. The van der Waals surface area contributed by atoms with Crippen LogP contribution in [0.3, 0.4) is 0 Å².